The summed E-state index contributed by atoms with van der Waals surface area (Å²) in [7, 11) is 1.70. The monoisotopic (exact) mass is 249 g/mol. The Morgan fingerprint density at radius 3 is 2.72 bits per heavy atom. The van der Waals surface area contributed by atoms with E-state index >= 15 is 0 Å². The molecule has 0 fully saturated rings. The van der Waals surface area contributed by atoms with Gasteiger partial charge in [0.2, 0.25) is 0 Å². The van der Waals surface area contributed by atoms with E-state index in [1.807, 2.05) is 6.07 Å². The second-order valence-electron chi connectivity index (χ2n) is 4.87. The van der Waals surface area contributed by atoms with Crippen LogP contribution in [0.25, 0.3) is 0 Å². The molecule has 0 aliphatic carbocycles. The molecule has 0 aromatic heterocycles. The van der Waals surface area contributed by atoms with Crippen LogP contribution in [0.3, 0.4) is 0 Å². The van der Waals surface area contributed by atoms with Gasteiger partial charge >= 0.3 is 0 Å². The van der Waals surface area contributed by atoms with Crippen molar-refractivity contribution in [1.82, 2.24) is 5.32 Å². The van der Waals surface area contributed by atoms with Crippen LogP contribution in [0.5, 0.6) is 11.5 Å². The number of hydrogen-bond acceptors (Lipinski definition) is 3. The summed E-state index contributed by atoms with van der Waals surface area (Å²) in [5.41, 5.74) is 2.46. The third-order valence-electron chi connectivity index (χ3n) is 3.42. The highest BCUT2D eigenvalue weighted by Crippen LogP contribution is 2.45. The van der Waals surface area contributed by atoms with Crippen molar-refractivity contribution in [2.75, 3.05) is 13.7 Å². The lowest BCUT2D eigenvalue weighted by atomic mass is 9.99. The second-order valence-corrected chi connectivity index (χ2v) is 4.87. The van der Waals surface area contributed by atoms with Crippen LogP contribution in [0.1, 0.15) is 43.9 Å². The van der Waals surface area contributed by atoms with Crippen LogP contribution in [0.4, 0.5) is 0 Å². The average Bonchev–Trinajstić information content (AvgIpc) is 2.68. The summed E-state index contributed by atoms with van der Waals surface area (Å²) in [6, 6.07) is 4.54. The molecule has 1 aliphatic rings. The van der Waals surface area contributed by atoms with Gasteiger partial charge in [-0.15, -0.1) is 0 Å². The highest BCUT2D eigenvalue weighted by Gasteiger charge is 2.35. The van der Waals surface area contributed by atoms with Crippen LogP contribution in [0.2, 0.25) is 0 Å². The molecular weight excluding hydrogens is 226 g/mol. The van der Waals surface area contributed by atoms with Crippen molar-refractivity contribution in [3.05, 3.63) is 23.3 Å². The summed E-state index contributed by atoms with van der Waals surface area (Å²) in [6.45, 7) is 7.37. The maximum Gasteiger partial charge on any atom is 0.166 e. The van der Waals surface area contributed by atoms with E-state index in [1.165, 1.54) is 11.1 Å². The molecule has 1 aromatic rings. The molecule has 0 amide bonds. The first kappa shape index (κ1) is 13.2. The standard InChI is InChI=1S/C15H23NO2/c1-5-7-12-14(16-6-2)11-8-10(3)9-13(17-4)15(11)18-12/h8-9,12,14,16H,5-7H2,1-4H3. The molecule has 0 bridgehead atoms. The van der Waals surface area contributed by atoms with Gasteiger partial charge in [0.15, 0.2) is 11.5 Å². The summed E-state index contributed by atoms with van der Waals surface area (Å²) < 4.78 is 11.5. The van der Waals surface area contributed by atoms with E-state index in [2.05, 4.69) is 32.2 Å². The van der Waals surface area contributed by atoms with Crippen LogP contribution < -0.4 is 14.8 Å². The summed E-state index contributed by atoms with van der Waals surface area (Å²) in [4.78, 5) is 0. The largest absolute Gasteiger partial charge is 0.493 e. The zero-order chi connectivity index (χ0) is 13.1. The summed E-state index contributed by atoms with van der Waals surface area (Å²) in [5.74, 6) is 1.78. The molecule has 1 aliphatic heterocycles. The summed E-state index contributed by atoms with van der Waals surface area (Å²) in [6.07, 6.45) is 2.41. The van der Waals surface area contributed by atoms with Crippen molar-refractivity contribution in [3.63, 3.8) is 0 Å². The molecule has 0 spiro atoms. The molecule has 0 saturated carbocycles. The number of hydrogen-bond donors (Lipinski definition) is 1. The maximum absolute atomic E-state index is 6.10. The highest BCUT2D eigenvalue weighted by molar-refractivity contribution is 5.53. The zero-order valence-corrected chi connectivity index (χ0v) is 11.7. The van der Waals surface area contributed by atoms with E-state index in [-0.39, 0.29) is 6.10 Å². The number of ether oxygens (including phenoxy) is 2. The molecule has 1 aromatic carbocycles. The molecule has 100 valence electrons. The van der Waals surface area contributed by atoms with Gasteiger partial charge in [-0.05, 0) is 31.5 Å². The van der Waals surface area contributed by atoms with E-state index in [4.69, 9.17) is 9.47 Å². The third-order valence-corrected chi connectivity index (χ3v) is 3.42. The minimum absolute atomic E-state index is 0.223. The fourth-order valence-corrected chi connectivity index (χ4v) is 2.67. The first-order valence-electron chi connectivity index (χ1n) is 6.79. The summed E-state index contributed by atoms with van der Waals surface area (Å²) >= 11 is 0. The van der Waals surface area contributed by atoms with Crippen molar-refractivity contribution < 1.29 is 9.47 Å². The Morgan fingerprint density at radius 2 is 2.11 bits per heavy atom. The van der Waals surface area contributed by atoms with Gasteiger partial charge in [0.05, 0.1) is 13.2 Å². The fraction of sp³-hybridized carbons (Fsp3) is 0.600. The van der Waals surface area contributed by atoms with Gasteiger partial charge in [-0.2, -0.15) is 0 Å². The lowest BCUT2D eigenvalue weighted by Gasteiger charge is -2.19. The van der Waals surface area contributed by atoms with E-state index in [1.54, 1.807) is 7.11 Å². The molecule has 1 heterocycles. The smallest absolute Gasteiger partial charge is 0.166 e. The Hall–Kier alpha value is -1.22. The molecule has 1 N–H and O–H groups in total. The fourth-order valence-electron chi connectivity index (χ4n) is 2.67. The lowest BCUT2D eigenvalue weighted by Crippen LogP contribution is -2.30. The van der Waals surface area contributed by atoms with Crippen LogP contribution in [0, 0.1) is 6.92 Å². The van der Waals surface area contributed by atoms with Crippen LogP contribution in [0.15, 0.2) is 12.1 Å². The molecule has 0 radical (unpaired) electrons. The van der Waals surface area contributed by atoms with Crippen LogP contribution in [-0.4, -0.2) is 19.8 Å². The lowest BCUT2D eigenvalue weighted by molar-refractivity contribution is 0.174. The Bertz CT molecular complexity index is 417. The molecular formula is C15H23NO2. The normalized spacial score (nSPS) is 21.6. The number of aryl methyl sites for hydroxylation is 1. The van der Waals surface area contributed by atoms with E-state index in [0.717, 1.165) is 30.9 Å². The van der Waals surface area contributed by atoms with Gasteiger partial charge in [0.25, 0.3) is 0 Å². The molecule has 2 unspecified atom stereocenters. The van der Waals surface area contributed by atoms with E-state index in [0.29, 0.717) is 6.04 Å². The quantitative estimate of drug-likeness (QED) is 0.869. The first-order valence-corrected chi connectivity index (χ1v) is 6.79. The van der Waals surface area contributed by atoms with Gasteiger partial charge < -0.3 is 14.8 Å². The zero-order valence-electron chi connectivity index (χ0n) is 11.7. The SMILES string of the molecule is CCCC1Oc2c(OC)cc(C)cc2C1NCC. The minimum Gasteiger partial charge on any atom is -0.493 e. The first-order chi connectivity index (χ1) is 8.71. The van der Waals surface area contributed by atoms with Gasteiger partial charge in [-0.3, -0.25) is 0 Å². The number of likely N-dealkylation sites (N-methyl/N-ethyl adjacent to an activating group) is 1. The van der Waals surface area contributed by atoms with E-state index < -0.39 is 0 Å². The van der Waals surface area contributed by atoms with Crippen LogP contribution in [-0.2, 0) is 0 Å². The Labute approximate surface area is 109 Å². The Morgan fingerprint density at radius 1 is 1.33 bits per heavy atom. The van der Waals surface area contributed by atoms with Crippen molar-refractivity contribution >= 4 is 0 Å². The number of rotatable bonds is 5. The predicted octanol–water partition coefficient (Wildman–Crippen LogP) is 3.22. The van der Waals surface area contributed by atoms with Crippen molar-refractivity contribution in [2.24, 2.45) is 0 Å². The molecule has 0 saturated heterocycles. The van der Waals surface area contributed by atoms with Gasteiger partial charge in [0.1, 0.15) is 6.10 Å². The van der Waals surface area contributed by atoms with Gasteiger partial charge in [-0.25, -0.2) is 0 Å². The van der Waals surface area contributed by atoms with E-state index in [9.17, 15) is 0 Å². The molecule has 2 rings (SSSR count). The number of benzene rings is 1. The molecule has 3 heteroatoms. The molecule has 18 heavy (non-hydrogen) atoms. The number of methoxy groups -OCH3 is 1. The minimum atomic E-state index is 0.223. The third kappa shape index (κ3) is 2.32. The average molecular weight is 249 g/mol. The van der Waals surface area contributed by atoms with Crippen molar-refractivity contribution in [3.8, 4) is 11.5 Å². The second kappa shape index (κ2) is 5.61. The van der Waals surface area contributed by atoms with Gasteiger partial charge in [0, 0.05) is 5.56 Å². The number of nitrogens with one attached hydrogen (secondary N) is 1. The van der Waals surface area contributed by atoms with Crippen LogP contribution >= 0.6 is 0 Å². The molecule has 2 atom stereocenters. The van der Waals surface area contributed by atoms with Gasteiger partial charge in [-0.1, -0.05) is 26.3 Å². The topological polar surface area (TPSA) is 30.5 Å². The number of fused-ring (bicyclic) bond motifs is 1. The predicted molar refractivity (Wildman–Crippen MR) is 73.5 cm³/mol. The molecule has 3 nitrogen and oxygen atoms in total. The Balaban J connectivity index is 2.38. The highest BCUT2D eigenvalue weighted by atomic mass is 16.5. The van der Waals surface area contributed by atoms with Crippen molar-refractivity contribution in [2.45, 2.75) is 45.8 Å². The Kier molecular flexibility index (Phi) is 4.12. The maximum atomic E-state index is 6.10. The van der Waals surface area contributed by atoms with Crippen molar-refractivity contribution in [1.29, 1.82) is 0 Å². The summed E-state index contributed by atoms with van der Waals surface area (Å²) in [5, 5.41) is 3.53.